The van der Waals surface area contributed by atoms with Crippen LogP contribution < -0.4 is 5.43 Å². The van der Waals surface area contributed by atoms with Gasteiger partial charge in [0.25, 0.3) is 0 Å². The minimum absolute atomic E-state index is 0.000982. The van der Waals surface area contributed by atoms with Gasteiger partial charge in [-0.2, -0.15) is 0 Å². The van der Waals surface area contributed by atoms with Crippen LogP contribution in [0.25, 0.3) is 10.4 Å². The molecule has 0 saturated carbocycles. The Morgan fingerprint density at radius 3 is 2.50 bits per heavy atom. The fraction of sp³-hybridized carbons (Fsp3) is 0.421. The summed E-state index contributed by atoms with van der Waals surface area (Å²) < 4.78 is 0. The molecule has 2 aromatic rings. The van der Waals surface area contributed by atoms with Gasteiger partial charge < -0.3 is 5.11 Å². The molecular formula is C19H24O2S. The van der Waals surface area contributed by atoms with Crippen molar-refractivity contribution in [2.45, 2.75) is 39.5 Å². The molecule has 1 aromatic heterocycles. The molecule has 1 aromatic carbocycles. The number of benzene rings is 1. The van der Waals surface area contributed by atoms with E-state index in [2.05, 4.69) is 13.8 Å². The summed E-state index contributed by atoms with van der Waals surface area (Å²) in [5.74, 6) is 0. The summed E-state index contributed by atoms with van der Waals surface area (Å²) in [6.45, 7) is 4.40. The average molecular weight is 316 g/mol. The zero-order valence-electron chi connectivity index (χ0n) is 13.3. The highest BCUT2D eigenvalue weighted by molar-refractivity contribution is 7.15. The number of rotatable bonds is 7. The van der Waals surface area contributed by atoms with E-state index in [0.29, 0.717) is 0 Å². The van der Waals surface area contributed by atoms with Crippen molar-refractivity contribution in [3.05, 3.63) is 57.6 Å². The summed E-state index contributed by atoms with van der Waals surface area (Å²) in [5.41, 5.74) is 1.19. The van der Waals surface area contributed by atoms with Gasteiger partial charge in [0.15, 0.2) is 5.43 Å². The predicted molar refractivity (Wildman–Crippen MR) is 94.4 cm³/mol. The average Bonchev–Trinajstić information content (AvgIpc) is 2.52. The van der Waals surface area contributed by atoms with Crippen LogP contribution in [0.1, 0.15) is 38.0 Å². The third kappa shape index (κ3) is 5.08. The summed E-state index contributed by atoms with van der Waals surface area (Å²) in [7, 11) is 0. The van der Waals surface area contributed by atoms with Crippen LogP contribution in [0.5, 0.6) is 0 Å². The van der Waals surface area contributed by atoms with Gasteiger partial charge in [0.1, 0.15) is 0 Å². The fourth-order valence-electron chi connectivity index (χ4n) is 2.38. The van der Waals surface area contributed by atoms with E-state index in [0.717, 1.165) is 41.0 Å². The molecule has 0 saturated heterocycles. The molecular weight excluding hydrogens is 292 g/mol. The highest BCUT2D eigenvalue weighted by Gasteiger charge is 2.15. The molecule has 22 heavy (non-hydrogen) atoms. The summed E-state index contributed by atoms with van der Waals surface area (Å²) in [6, 6.07) is 13.5. The maximum atomic E-state index is 11.9. The molecule has 0 unspecified atom stereocenters. The van der Waals surface area contributed by atoms with Crippen LogP contribution >= 0.6 is 11.3 Å². The fourth-order valence-corrected chi connectivity index (χ4v) is 3.51. The van der Waals surface area contributed by atoms with Crippen LogP contribution in [0.3, 0.4) is 0 Å². The van der Waals surface area contributed by atoms with Crippen LogP contribution in [0.2, 0.25) is 0 Å². The highest BCUT2D eigenvalue weighted by Crippen LogP contribution is 2.26. The molecule has 0 amide bonds. The van der Waals surface area contributed by atoms with Crippen molar-refractivity contribution in [3.63, 3.8) is 0 Å². The largest absolute Gasteiger partial charge is 0.396 e. The lowest BCUT2D eigenvalue weighted by molar-refractivity contribution is 0.147. The van der Waals surface area contributed by atoms with E-state index in [-0.39, 0.29) is 17.5 Å². The molecule has 0 spiro atoms. The minimum Gasteiger partial charge on any atom is -0.396 e. The molecule has 2 rings (SSSR count). The topological polar surface area (TPSA) is 37.3 Å². The number of hydrogen-bond acceptors (Lipinski definition) is 3. The van der Waals surface area contributed by atoms with Crippen LogP contribution in [0, 0.1) is 5.41 Å². The molecule has 2 nitrogen and oxygen atoms in total. The van der Waals surface area contributed by atoms with E-state index >= 15 is 0 Å². The third-order valence-electron chi connectivity index (χ3n) is 3.83. The standard InChI is InChI=1S/C19H24O2S/c1-19(2,14-20)11-7-6-10-17-12-16(21)13-18(22-17)15-8-4-3-5-9-15/h3-5,8-9,12-13,20H,6-7,10-11,14H2,1-2H3. The Hall–Kier alpha value is -1.45. The zero-order valence-corrected chi connectivity index (χ0v) is 14.2. The molecule has 0 fully saturated rings. The zero-order chi connectivity index (χ0) is 16.0. The highest BCUT2D eigenvalue weighted by atomic mass is 32.1. The van der Waals surface area contributed by atoms with Crippen molar-refractivity contribution in [3.8, 4) is 10.4 Å². The first kappa shape index (κ1) is 16.9. The van der Waals surface area contributed by atoms with E-state index in [4.69, 9.17) is 0 Å². The van der Waals surface area contributed by atoms with Gasteiger partial charge in [-0.3, -0.25) is 4.79 Å². The summed E-state index contributed by atoms with van der Waals surface area (Å²) in [5, 5.41) is 9.27. The van der Waals surface area contributed by atoms with Crippen LogP contribution in [-0.2, 0) is 6.42 Å². The van der Waals surface area contributed by atoms with Crippen molar-refractivity contribution >= 4 is 11.3 Å². The Labute approximate surface area is 136 Å². The van der Waals surface area contributed by atoms with Crippen LogP contribution in [-0.4, -0.2) is 11.7 Å². The lowest BCUT2D eigenvalue weighted by Crippen LogP contribution is -2.16. The van der Waals surface area contributed by atoms with Crippen molar-refractivity contribution in [2.75, 3.05) is 6.61 Å². The Morgan fingerprint density at radius 1 is 1.09 bits per heavy atom. The van der Waals surface area contributed by atoms with Crippen molar-refractivity contribution in [1.82, 2.24) is 0 Å². The molecule has 0 aliphatic heterocycles. The molecule has 0 radical (unpaired) electrons. The molecule has 0 bridgehead atoms. The second-order valence-corrected chi connectivity index (χ2v) is 7.69. The molecule has 0 aliphatic rings. The lowest BCUT2D eigenvalue weighted by atomic mass is 9.88. The van der Waals surface area contributed by atoms with Gasteiger partial charge in [-0.05, 0) is 36.3 Å². The smallest absolute Gasteiger partial charge is 0.181 e. The maximum absolute atomic E-state index is 11.9. The van der Waals surface area contributed by atoms with E-state index in [1.807, 2.05) is 30.3 Å². The first-order valence-electron chi connectivity index (χ1n) is 7.80. The molecule has 1 heterocycles. The van der Waals surface area contributed by atoms with Crippen molar-refractivity contribution in [1.29, 1.82) is 0 Å². The number of hydrogen-bond donors (Lipinski definition) is 1. The molecule has 3 heteroatoms. The van der Waals surface area contributed by atoms with Gasteiger partial charge in [0, 0.05) is 22.4 Å². The normalized spacial score (nSPS) is 11.6. The molecule has 0 atom stereocenters. The second-order valence-electron chi connectivity index (χ2n) is 6.52. The summed E-state index contributed by atoms with van der Waals surface area (Å²) in [4.78, 5) is 14.1. The van der Waals surface area contributed by atoms with E-state index in [9.17, 15) is 9.90 Å². The molecule has 118 valence electrons. The molecule has 0 aliphatic carbocycles. The lowest BCUT2D eigenvalue weighted by Gasteiger charge is -2.20. The van der Waals surface area contributed by atoms with Crippen LogP contribution in [0.4, 0.5) is 0 Å². The Morgan fingerprint density at radius 2 is 1.82 bits per heavy atom. The van der Waals surface area contributed by atoms with Gasteiger partial charge >= 0.3 is 0 Å². The Balaban J connectivity index is 2.01. The summed E-state index contributed by atoms with van der Waals surface area (Å²) >= 11 is 1.70. The summed E-state index contributed by atoms with van der Waals surface area (Å²) in [6.07, 6.45) is 4.07. The third-order valence-corrected chi connectivity index (χ3v) is 4.99. The second kappa shape index (κ2) is 7.70. The Bertz CT molecular complexity index is 644. The van der Waals surface area contributed by atoms with E-state index in [1.165, 1.54) is 0 Å². The molecule has 1 N–H and O–H groups in total. The first-order valence-corrected chi connectivity index (χ1v) is 8.62. The van der Waals surface area contributed by atoms with E-state index < -0.39 is 0 Å². The van der Waals surface area contributed by atoms with Gasteiger partial charge in [-0.25, -0.2) is 0 Å². The monoisotopic (exact) mass is 316 g/mol. The number of aliphatic hydroxyl groups is 1. The van der Waals surface area contributed by atoms with Crippen molar-refractivity contribution < 1.29 is 5.11 Å². The minimum atomic E-state index is -0.000982. The van der Waals surface area contributed by atoms with Crippen LogP contribution in [0.15, 0.2) is 47.3 Å². The quantitative estimate of drug-likeness (QED) is 0.763. The van der Waals surface area contributed by atoms with Gasteiger partial charge in [0.2, 0.25) is 0 Å². The van der Waals surface area contributed by atoms with E-state index in [1.54, 1.807) is 23.5 Å². The predicted octanol–water partition coefficient (Wildman–Crippen LogP) is 4.51. The van der Waals surface area contributed by atoms with Crippen molar-refractivity contribution in [2.24, 2.45) is 5.41 Å². The number of aryl methyl sites for hydroxylation is 1. The number of unbranched alkanes of at least 4 members (excludes halogenated alkanes) is 1. The number of aliphatic hydroxyl groups excluding tert-OH is 1. The Kier molecular flexibility index (Phi) is 5.92. The first-order chi connectivity index (χ1) is 10.5. The van der Waals surface area contributed by atoms with Gasteiger partial charge in [-0.15, -0.1) is 11.3 Å². The maximum Gasteiger partial charge on any atom is 0.181 e. The van der Waals surface area contributed by atoms with Gasteiger partial charge in [0.05, 0.1) is 0 Å². The SMILES string of the molecule is CC(C)(CO)CCCCc1cc(=O)cc(-c2ccccc2)s1. The van der Waals surface area contributed by atoms with Gasteiger partial charge in [-0.1, -0.05) is 50.6 Å².